The number of aryl methyl sites for hydroxylation is 2. The molecule has 2 heteroatoms. The van der Waals surface area contributed by atoms with Gasteiger partial charge >= 0.3 is 0 Å². The molecule has 0 atom stereocenters. The zero-order chi connectivity index (χ0) is 9.84. The number of rotatable bonds is 3. The molecule has 1 aromatic carbocycles. The lowest BCUT2D eigenvalue weighted by atomic mass is 10.0. The van der Waals surface area contributed by atoms with E-state index in [2.05, 4.69) is 42.7 Å². The highest BCUT2D eigenvalue weighted by atomic mass is 15.1. The molecule has 2 N–H and O–H groups in total. The second-order valence-corrected chi connectivity index (χ2v) is 3.37. The maximum Gasteiger partial charge on any atom is 0.0833 e. The molecule has 0 bridgehead atoms. The Labute approximate surface area is 80.4 Å². The fraction of sp³-hybridized carbons (Fsp3) is 0.455. The van der Waals surface area contributed by atoms with Crippen LogP contribution in [0.3, 0.4) is 0 Å². The van der Waals surface area contributed by atoms with Crippen LogP contribution in [0.4, 0.5) is 0 Å². The van der Waals surface area contributed by atoms with Crippen molar-refractivity contribution < 1.29 is 0 Å². The summed E-state index contributed by atoms with van der Waals surface area (Å²) in [5.74, 6) is 0. The molecule has 0 unspecified atom stereocenters. The van der Waals surface area contributed by atoms with Crippen LogP contribution in [0.2, 0.25) is 0 Å². The molecule has 0 aliphatic heterocycles. The van der Waals surface area contributed by atoms with Crippen molar-refractivity contribution in [3.63, 3.8) is 0 Å². The summed E-state index contributed by atoms with van der Waals surface area (Å²) >= 11 is 0. The molecule has 0 aliphatic carbocycles. The molecule has 13 heavy (non-hydrogen) atoms. The van der Waals surface area contributed by atoms with Gasteiger partial charge in [-0.05, 0) is 39.1 Å². The highest BCUT2D eigenvalue weighted by Crippen LogP contribution is 2.16. The molecule has 1 aromatic rings. The summed E-state index contributed by atoms with van der Waals surface area (Å²) in [5, 5.41) is 6.45. The van der Waals surface area contributed by atoms with E-state index in [9.17, 15) is 0 Å². The third kappa shape index (κ3) is 2.29. The van der Waals surface area contributed by atoms with Crippen LogP contribution in [-0.2, 0) is 0 Å². The molecule has 0 heterocycles. The number of hydrogen-bond donors (Lipinski definition) is 2. The van der Waals surface area contributed by atoms with E-state index in [4.69, 9.17) is 0 Å². The SMILES string of the molecule is CNC(NC)c1cc(C)ccc1C. The van der Waals surface area contributed by atoms with E-state index in [1.165, 1.54) is 16.7 Å². The summed E-state index contributed by atoms with van der Waals surface area (Å²) in [5.41, 5.74) is 3.94. The summed E-state index contributed by atoms with van der Waals surface area (Å²) in [7, 11) is 3.92. The van der Waals surface area contributed by atoms with Crippen molar-refractivity contribution in [1.82, 2.24) is 10.6 Å². The Morgan fingerprint density at radius 2 is 1.69 bits per heavy atom. The van der Waals surface area contributed by atoms with Crippen molar-refractivity contribution in [2.24, 2.45) is 0 Å². The number of hydrogen-bond acceptors (Lipinski definition) is 2. The highest BCUT2D eigenvalue weighted by Gasteiger charge is 2.08. The summed E-state index contributed by atoms with van der Waals surface area (Å²) in [6.07, 6.45) is 0.250. The maximum absolute atomic E-state index is 3.22. The van der Waals surface area contributed by atoms with Crippen LogP contribution in [0.25, 0.3) is 0 Å². The second kappa shape index (κ2) is 4.40. The molecule has 0 radical (unpaired) electrons. The van der Waals surface area contributed by atoms with Crippen LogP contribution in [0.5, 0.6) is 0 Å². The molecule has 0 aliphatic rings. The Morgan fingerprint density at radius 1 is 1.08 bits per heavy atom. The van der Waals surface area contributed by atoms with Crippen LogP contribution >= 0.6 is 0 Å². The molecular formula is C11H18N2. The summed E-state index contributed by atoms with van der Waals surface area (Å²) < 4.78 is 0. The van der Waals surface area contributed by atoms with E-state index in [1.807, 2.05) is 14.1 Å². The lowest BCUT2D eigenvalue weighted by Gasteiger charge is -2.18. The van der Waals surface area contributed by atoms with Gasteiger partial charge in [0.1, 0.15) is 0 Å². The summed E-state index contributed by atoms with van der Waals surface area (Å²) in [6, 6.07) is 6.51. The fourth-order valence-corrected chi connectivity index (χ4v) is 1.53. The molecule has 0 aromatic heterocycles. The van der Waals surface area contributed by atoms with Gasteiger partial charge in [0.05, 0.1) is 6.17 Å². The summed E-state index contributed by atoms with van der Waals surface area (Å²) in [6.45, 7) is 4.25. The molecule has 1 rings (SSSR count). The molecule has 0 fully saturated rings. The van der Waals surface area contributed by atoms with Crippen molar-refractivity contribution in [2.45, 2.75) is 20.0 Å². The van der Waals surface area contributed by atoms with E-state index in [-0.39, 0.29) is 6.17 Å². The largest absolute Gasteiger partial charge is 0.301 e. The first kappa shape index (κ1) is 10.2. The van der Waals surface area contributed by atoms with Gasteiger partial charge in [-0.3, -0.25) is 0 Å². The molecule has 0 saturated heterocycles. The van der Waals surface area contributed by atoms with E-state index >= 15 is 0 Å². The Hall–Kier alpha value is -0.860. The predicted molar refractivity (Wildman–Crippen MR) is 56.8 cm³/mol. The minimum Gasteiger partial charge on any atom is -0.301 e. The Morgan fingerprint density at radius 3 is 2.23 bits per heavy atom. The topological polar surface area (TPSA) is 24.1 Å². The Kier molecular flexibility index (Phi) is 3.46. The van der Waals surface area contributed by atoms with Crippen LogP contribution in [-0.4, -0.2) is 14.1 Å². The number of nitrogens with one attached hydrogen (secondary N) is 2. The Bertz CT molecular complexity index is 277. The average Bonchev–Trinajstić information content (AvgIpc) is 2.13. The first-order valence-electron chi connectivity index (χ1n) is 4.60. The van der Waals surface area contributed by atoms with Gasteiger partial charge in [-0.15, -0.1) is 0 Å². The quantitative estimate of drug-likeness (QED) is 0.689. The molecule has 0 amide bonds. The minimum absolute atomic E-state index is 0.250. The van der Waals surface area contributed by atoms with Gasteiger partial charge in [-0.1, -0.05) is 23.8 Å². The molecular weight excluding hydrogens is 160 g/mol. The third-order valence-corrected chi connectivity index (χ3v) is 2.32. The van der Waals surface area contributed by atoms with Crippen molar-refractivity contribution in [2.75, 3.05) is 14.1 Å². The zero-order valence-corrected chi connectivity index (χ0v) is 8.81. The van der Waals surface area contributed by atoms with Crippen molar-refractivity contribution >= 4 is 0 Å². The van der Waals surface area contributed by atoms with Gasteiger partial charge in [-0.2, -0.15) is 0 Å². The first-order valence-corrected chi connectivity index (χ1v) is 4.60. The van der Waals surface area contributed by atoms with Crippen LogP contribution in [0, 0.1) is 13.8 Å². The van der Waals surface area contributed by atoms with Crippen LogP contribution < -0.4 is 10.6 Å². The van der Waals surface area contributed by atoms with E-state index in [1.54, 1.807) is 0 Å². The minimum atomic E-state index is 0.250. The smallest absolute Gasteiger partial charge is 0.0833 e. The number of benzene rings is 1. The standard InChI is InChI=1S/C11H18N2/c1-8-5-6-9(2)10(7-8)11(12-3)13-4/h5-7,11-13H,1-4H3. The third-order valence-electron chi connectivity index (χ3n) is 2.32. The first-order chi connectivity index (χ1) is 6.19. The van der Waals surface area contributed by atoms with Crippen LogP contribution in [0.15, 0.2) is 18.2 Å². The molecule has 2 nitrogen and oxygen atoms in total. The van der Waals surface area contributed by atoms with Gasteiger partial charge in [0.15, 0.2) is 0 Å². The summed E-state index contributed by atoms with van der Waals surface area (Å²) in [4.78, 5) is 0. The lowest BCUT2D eigenvalue weighted by molar-refractivity contribution is 0.517. The molecule has 0 saturated carbocycles. The Balaban J connectivity index is 3.03. The second-order valence-electron chi connectivity index (χ2n) is 3.37. The average molecular weight is 178 g/mol. The molecule has 72 valence electrons. The normalized spacial score (nSPS) is 10.8. The van der Waals surface area contributed by atoms with Crippen molar-refractivity contribution in [3.05, 3.63) is 34.9 Å². The van der Waals surface area contributed by atoms with E-state index in [0.29, 0.717) is 0 Å². The molecule has 0 spiro atoms. The van der Waals surface area contributed by atoms with Gasteiger partial charge < -0.3 is 10.6 Å². The van der Waals surface area contributed by atoms with Gasteiger partial charge in [0.25, 0.3) is 0 Å². The van der Waals surface area contributed by atoms with E-state index in [0.717, 1.165) is 0 Å². The van der Waals surface area contributed by atoms with Crippen molar-refractivity contribution in [1.29, 1.82) is 0 Å². The highest BCUT2D eigenvalue weighted by molar-refractivity contribution is 5.32. The van der Waals surface area contributed by atoms with Crippen molar-refractivity contribution in [3.8, 4) is 0 Å². The van der Waals surface area contributed by atoms with Crippen LogP contribution in [0.1, 0.15) is 22.9 Å². The lowest BCUT2D eigenvalue weighted by Crippen LogP contribution is -2.29. The fourth-order valence-electron chi connectivity index (χ4n) is 1.53. The van der Waals surface area contributed by atoms with E-state index < -0.39 is 0 Å². The zero-order valence-electron chi connectivity index (χ0n) is 8.81. The van der Waals surface area contributed by atoms with Gasteiger partial charge in [-0.25, -0.2) is 0 Å². The predicted octanol–water partition coefficient (Wildman–Crippen LogP) is 1.74. The monoisotopic (exact) mass is 178 g/mol. The van der Waals surface area contributed by atoms with Gasteiger partial charge in [0, 0.05) is 0 Å². The van der Waals surface area contributed by atoms with Gasteiger partial charge in [0.2, 0.25) is 0 Å². The maximum atomic E-state index is 3.22.